The normalized spacial score (nSPS) is 22.8. The van der Waals surface area contributed by atoms with Crippen LogP contribution in [0.15, 0.2) is 12.4 Å². The number of hydrogen-bond acceptors (Lipinski definition) is 5. The number of anilines is 2. The molecule has 0 radical (unpaired) electrons. The fourth-order valence-corrected chi connectivity index (χ4v) is 2.81. The number of aliphatic hydroxyl groups is 1. The summed E-state index contributed by atoms with van der Waals surface area (Å²) in [4.78, 5) is 13.2. The first-order valence-electron chi connectivity index (χ1n) is 7.18. The summed E-state index contributed by atoms with van der Waals surface area (Å²) in [5.41, 5.74) is 0. The van der Waals surface area contributed by atoms with Gasteiger partial charge in [0.05, 0.1) is 12.6 Å². The molecule has 104 valence electrons. The Bertz CT molecular complexity index is 435. The molecule has 2 aliphatic rings. The zero-order chi connectivity index (χ0) is 13.2. The lowest BCUT2D eigenvalue weighted by Crippen LogP contribution is -2.33. The van der Waals surface area contributed by atoms with E-state index in [1.165, 1.54) is 12.8 Å². The monoisotopic (exact) mass is 262 g/mol. The van der Waals surface area contributed by atoms with Gasteiger partial charge in [-0.3, -0.25) is 0 Å². The molecule has 1 atom stereocenters. The average molecular weight is 262 g/mol. The second-order valence-corrected chi connectivity index (χ2v) is 5.73. The fourth-order valence-electron chi connectivity index (χ4n) is 2.81. The van der Waals surface area contributed by atoms with Crippen LogP contribution in [0.1, 0.15) is 25.7 Å². The third-order valence-electron chi connectivity index (χ3n) is 4.14. The predicted octanol–water partition coefficient (Wildman–Crippen LogP) is 1.28. The minimum atomic E-state index is 0.206. The van der Waals surface area contributed by atoms with Crippen molar-refractivity contribution in [3.8, 4) is 0 Å². The smallest absolute Gasteiger partial charge is 0.134 e. The summed E-state index contributed by atoms with van der Waals surface area (Å²) in [5.74, 6) is 2.78. The summed E-state index contributed by atoms with van der Waals surface area (Å²) in [6.45, 7) is 2.27. The number of nitrogens with zero attached hydrogens (tertiary/aromatic N) is 4. The Morgan fingerprint density at radius 2 is 2.21 bits per heavy atom. The molecule has 1 N–H and O–H groups in total. The molecule has 0 aromatic carbocycles. The Kier molecular flexibility index (Phi) is 3.55. The van der Waals surface area contributed by atoms with Gasteiger partial charge in [0.2, 0.25) is 0 Å². The van der Waals surface area contributed by atoms with E-state index in [1.807, 2.05) is 0 Å². The van der Waals surface area contributed by atoms with Crippen LogP contribution in [0.5, 0.6) is 0 Å². The molecular formula is C14H22N4O. The lowest BCUT2D eigenvalue weighted by molar-refractivity contribution is 0.266. The van der Waals surface area contributed by atoms with Crippen LogP contribution in [0.3, 0.4) is 0 Å². The van der Waals surface area contributed by atoms with E-state index >= 15 is 0 Å². The Labute approximate surface area is 114 Å². The van der Waals surface area contributed by atoms with E-state index in [-0.39, 0.29) is 12.6 Å². The van der Waals surface area contributed by atoms with E-state index < -0.39 is 0 Å². The number of aromatic nitrogens is 2. The lowest BCUT2D eigenvalue weighted by Gasteiger charge is -2.25. The van der Waals surface area contributed by atoms with Crippen LogP contribution < -0.4 is 9.80 Å². The van der Waals surface area contributed by atoms with E-state index in [2.05, 4.69) is 32.9 Å². The molecule has 0 amide bonds. The molecule has 1 aliphatic carbocycles. The van der Waals surface area contributed by atoms with Crippen molar-refractivity contribution >= 4 is 11.6 Å². The van der Waals surface area contributed by atoms with Crippen LogP contribution in [0, 0.1) is 5.92 Å². The summed E-state index contributed by atoms with van der Waals surface area (Å²) in [7, 11) is 2.10. The summed E-state index contributed by atoms with van der Waals surface area (Å²) in [6.07, 6.45) is 6.51. The van der Waals surface area contributed by atoms with Crippen LogP contribution in [0.25, 0.3) is 0 Å². The van der Waals surface area contributed by atoms with Gasteiger partial charge in [0.25, 0.3) is 0 Å². The summed E-state index contributed by atoms with van der Waals surface area (Å²) < 4.78 is 0. The van der Waals surface area contributed by atoms with Gasteiger partial charge in [-0.1, -0.05) is 0 Å². The molecule has 5 nitrogen and oxygen atoms in total. The molecular weight excluding hydrogens is 240 g/mol. The van der Waals surface area contributed by atoms with Crippen LogP contribution in [0.2, 0.25) is 0 Å². The molecule has 19 heavy (non-hydrogen) atoms. The van der Waals surface area contributed by atoms with Crippen molar-refractivity contribution in [2.75, 3.05) is 36.5 Å². The molecule has 3 rings (SSSR count). The van der Waals surface area contributed by atoms with E-state index in [0.717, 1.165) is 43.5 Å². The maximum Gasteiger partial charge on any atom is 0.134 e. The van der Waals surface area contributed by atoms with Crippen molar-refractivity contribution in [3.63, 3.8) is 0 Å². The first kappa shape index (κ1) is 12.7. The third kappa shape index (κ3) is 2.81. The minimum absolute atomic E-state index is 0.206. The van der Waals surface area contributed by atoms with Gasteiger partial charge in [0.15, 0.2) is 0 Å². The molecule has 2 fully saturated rings. The van der Waals surface area contributed by atoms with E-state index in [0.29, 0.717) is 0 Å². The minimum Gasteiger partial charge on any atom is -0.394 e. The SMILES string of the molecule is CN(CC1CC1)c1cc(N2CCC[C@@H]2CO)ncn1. The van der Waals surface area contributed by atoms with Gasteiger partial charge in [0, 0.05) is 26.2 Å². The van der Waals surface area contributed by atoms with Gasteiger partial charge in [-0.25, -0.2) is 9.97 Å². The number of rotatable bonds is 5. The fraction of sp³-hybridized carbons (Fsp3) is 0.714. The highest BCUT2D eigenvalue weighted by Gasteiger charge is 2.26. The lowest BCUT2D eigenvalue weighted by atomic mass is 10.2. The van der Waals surface area contributed by atoms with Crippen molar-refractivity contribution in [1.29, 1.82) is 0 Å². The summed E-state index contributed by atoms with van der Waals surface area (Å²) in [6, 6.07) is 2.27. The van der Waals surface area contributed by atoms with Gasteiger partial charge >= 0.3 is 0 Å². The molecule has 0 spiro atoms. The topological polar surface area (TPSA) is 52.5 Å². The summed E-state index contributed by atoms with van der Waals surface area (Å²) in [5, 5.41) is 9.41. The Morgan fingerprint density at radius 3 is 2.95 bits per heavy atom. The molecule has 1 aromatic heterocycles. The quantitative estimate of drug-likeness (QED) is 0.866. The standard InChI is InChI=1S/C14H22N4O/c1-17(8-11-4-5-11)13-7-14(16-10-15-13)18-6-2-3-12(18)9-19/h7,10-12,19H,2-6,8-9H2,1H3/t12-/m1/s1. The molecule has 2 heterocycles. The van der Waals surface area contributed by atoms with Gasteiger partial charge in [0.1, 0.15) is 18.0 Å². The second kappa shape index (κ2) is 5.33. The highest BCUT2D eigenvalue weighted by molar-refractivity contribution is 5.51. The molecule has 0 bridgehead atoms. The first-order chi connectivity index (χ1) is 9.28. The predicted molar refractivity (Wildman–Crippen MR) is 75.5 cm³/mol. The van der Waals surface area contributed by atoms with Gasteiger partial charge in [-0.15, -0.1) is 0 Å². The van der Waals surface area contributed by atoms with Crippen LogP contribution in [-0.2, 0) is 0 Å². The third-order valence-corrected chi connectivity index (χ3v) is 4.14. The van der Waals surface area contributed by atoms with E-state index in [9.17, 15) is 5.11 Å². The van der Waals surface area contributed by atoms with E-state index in [1.54, 1.807) is 6.33 Å². The zero-order valence-electron chi connectivity index (χ0n) is 11.5. The maximum atomic E-state index is 9.41. The van der Waals surface area contributed by atoms with Gasteiger partial charge in [-0.05, 0) is 31.6 Å². The average Bonchev–Trinajstić information content (AvgIpc) is 3.12. The number of hydrogen-bond donors (Lipinski definition) is 1. The largest absolute Gasteiger partial charge is 0.394 e. The van der Waals surface area contributed by atoms with Crippen LogP contribution >= 0.6 is 0 Å². The summed E-state index contributed by atoms with van der Waals surface area (Å²) >= 11 is 0. The molecule has 1 aliphatic heterocycles. The van der Waals surface area contributed by atoms with Crippen molar-refractivity contribution in [2.45, 2.75) is 31.7 Å². The van der Waals surface area contributed by atoms with Crippen molar-refractivity contribution < 1.29 is 5.11 Å². The first-order valence-corrected chi connectivity index (χ1v) is 7.18. The van der Waals surface area contributed by atoms with Crippen molar-refractivity contribution in [2.24, 2.45) is 5.92 Å². The maximum absolute atomic E-state index is 9.41. The Hall–Kier alpha value is -1.36. The Balaban J connectivity index is 1.74. The highest BCUT2D eigenvalue weighted by Crippen LogP contribution is 2.31. The van der Waals surface area contributed by atoms with E-state index in [4.69, 9.17) is 0 Å². The zero-order valence-corrected chi connectivity index (χ0v) is 11.5. The molecule has 0 unspecified atom stereocenters. The molecule has 5 heteroatoms. The second-order valence-electron chi connectivity index (χ2n) is 5.73. The molecule has 1 aromatic rings. The van der Waals surface area contributed by atoms with Crippen LogP contribution in [-0.4, -0.2) is 47.9 Å². The highest BCUT2D eigenvalue weighted by atomic mass is 16.3. The number of aliphatic hydroxyl groups excluding tert-OH is 1. The van der Waals surface area contributed by atoms with Gasteiger partial charge < -0.3 is 14.9 Å². The molecule has 1 saturated heterocycles. The Morgan fingerprint density at radius 1 is 1.37 bits per heavy atom. The van der Waals surface area contributed by atoms with Crippen molar-refractivity contribution in [1.82, 2.24) is 9.97 Å². The van der Waals surface area contributed by atoms with Gasteiger partial charge in [-0.2, -0.15) is 0 Å². The van der Waals surface area contributed by atoms with Crippen molar-refractivity contribution in [3.05, 3.63) is 12.4 Å². The molecule has 1 saturated carbocycles. The van der Waals surface area contributed by atoms with Crippen LogP contribution in [0.4, 0.5) is 11.6 Å².